The second-order valence-electron chi connectivity index (χ2n) is 11.6. The summed E-state index contributed by atoms with van der Waals surface area (Å²) in [5, 5.41) is 10.4. The van der Waals surface area contributed by atoms with Crippen LogP contribution in [0.4, 0.5) is 11.4 Å². The maximum absolute atomic E-state index is 14.7. The first kappa shape index (κ1) is 32.2. The Kier molecular flexibility index (Phi) is 9.65. The molecule has 5 rings (SSSR count). The van der Waals surface area contributed by atoms with Gasteiger partial charge in [0.25, 0.3) is 5.91 Å². The van der Waals surface area contributed by atoms with E-state index >= 15 is 0 Å². The molecule has 0 aromatic heterocycles. The van der Waals surface area contributed by atoms with E-state index in [9.17, 15) is 19.5 Å². The molecule has 2 bridgehead atoms. The Morgan fingerprint density at radius 1 is 1.02 bits per heavy atom. The van der Waals surface area contributed by atoms with E-state index in [0.29, 0.717) is 48.7 Å². The van der Waals surface area contributed by atoms with E-state index < -0.39 is 35.6 Å². The van der Waals surface area contributed by atoms with Gasteiger partial charge in [0.05, 0.1) is 44.3 Å². The van der Waals surface area contributed by atoms with Gasteiger partial charge in [-0.05, 0) is 74.7 Å². The van der Waals surface area contributed by atoms with Crippen molar-refractivity contribution >= 4 is 29.1 Å². The van der Waals surface area contributed by atoms with Crippen LogP contribution in [0.5, 0.6) is 11.5 Å². The van der Waals surface area contributed by atoms with Crippen LogP contribution in [0.2, 0.25) is 0 Å². The average molecular weight is 618 g/mol. The lowest BCUT2D eigenvalue weighted by Gasteiger charge is -2.39. The fourth-order valence-electron chi connectivity index (χ4n) is 7.34. The highest BCUT2D eigenvalue weighted by Crippen LogP contribution is 2.59. The molecular weight excluding hydrogens is 574 g/mol. The van der Waals surface area contributed by atoms with Crippen molar-refractivity contribution in [3.63, 3.8) is 0 Å². The number of fused-ring (bicyclic) bond motifs is 1. The van der Waals surface area contributed by atoms with E-state index in [0.717, 1.165) is 0 Å². The molecule has 0 radical (unpaired) electrons. The van der Waals surface area contributed by atoms with Gasteiger partial charge in [-0.3, -0.25) is 14.4 Å². The Labute approximate surface area is 264 Å². The minimum Gasteiger partial charge on any atom is -0.497 e. The number of carbonyl (C=O) groups is 3. The van der Waals surface area contributed by atoms with Gasteiger partial charge in [0, 0.05) is 24.5 Å². The molecule has 3 heterocycles. The molecule has 3 fully saturated rings. The van der Waals surface area contributed by atoms with Gasteiger partial charge in [0.15, 0.2) is 0 Å². The number of benzene rings is 2. The van der Waals surface area contributed by atoms with Crippen molar-refractivity contribution < 1.29 is 33.7 Å². The number of nitrogens with zero attached hydrogens (tertiary/aromatic N) is 3. The Bertz CT molecular complexity index is 1410. The number of rotatable bonds is 14. The number of aliphatic hydroxyl groups excluding tert-OH is 1. The van der Waals surface area contributed by atoms with Gasteiger partial charge in [-0.25, -0.2) is 0 Å². The number of anilines is 2. The third-order valence-corrected chi connectivity index (χ3v) is 9.33. The summed E-state index contributed by atoms with van der Waals surface area (Å²) in [6, 6.07) is 12.7. The summed E-state index contributed by atoms with van der Waals surface area (Å²) in [6.45, 7) is 12.1. The average Bonchev–Trinajstić information content (AvgIpc) is 3.71. The first-order valence-corrected chi connectivity index (χ1v) is 15.6. The zero-order valence-electron chi connectivity index (χ0n) is 26.3. The highest BCUT2D eigenvalue weighted by Gasteiger charge is 2.75. The molecule has 10 nitrogen and oxygen atoms in total. The molecule has 1 spiro atoms. The number of ether oxygens (including phenoxy) is 3. The molecule has 3 saturated heterocycles. The predicted octanol–water partition coefficient (Wildman–Crippen LogP) is 3.98. The molecule has 3 amide bonds. The van der Waals surface area contributed by atoms with Crippen LogP contribution in [-0.4, -0.2) is 84.9 Å². The van der Waals surface area contributed by atoms with Crippen LogP contribution < -0.4 is 19.3 Å². The van der Waals surface area contributed by atoms with E-state index in [-0.39, 0.29) is 37.4 Å². The van der Waals surface area contributed by atoms with E-state index in [4.69, 9.17) is 14.2 Å². The van der Waals surface area contributed by atoms with E-state index in [1.807, 2.05) is 26.0 Å². The van der Waals surface area contributed by atoms with Crippen molar-refractivity contribution in [3.05, 3.63) is 73.8 Å². The van der Waals surface area contributed by atoms with Gasteiger partial charge in [0.2, 0.25) is 11.8 Å². The van der Waals surface area contributed by atoms with Crippen molar-refractivity contribution in [3.8, 4) is 11.5 Å². The summed E-state index contributed by atoms with van der Waals surface area (Å²) >= 11 is 0. The summed E-state index contributed by atoms with van der Waals surface area (Å²) < 4.78 is 17.6. The molecule has 10 heteroatoms. The quantitative estimate of drug-likeness (QED) is 0.320. The SMILES string of the molecule is C=CCN(C(=O)C1N([C@@H](CC)CO)C(=O)[C@@H]2[C@H](C(=O)N(CC=C)c3ccc(OCC)cc3)[C@@H]3CCC12O3)c1ccc(OC)cc1. The topological polar surface area (TPSA) is 109 Å². The molecule has 2 unspecified atom stereocenters. The van der Waals surface area contributed by atoms with E-state index in [2.05, 4.69) is 13.2 Å². The number of methoxy groups -OCH3 is 1. The van der Waals surface area contributed by atoms with Crippen molar-refractivity contribution in [2.24, 2.45) is 11.8 Å². The molecule has 3 aliphatic rings. The number of aliphatic hydroxyl groups is 1. The Balaban J connectivity index is 1.55. The fourth-order valence-corrected chi connectivity index (χ4v) is 7.34. The van der Waals surface area contributed by atoms with Crippen LogP contribution in [0.3, 0.4) is 0 Å². The molecule has 2 aromatic rings. The lowest BCUT2D eigenvalue weighted by atomic mass is 9.70. The third kappa shape index (κ3) is 5.50. The summed E-state index contributed by atoms with van der Waals surface area (Å²) in [4.78, 5) is 48.4. The fraction of sp³-hybridized carbons (Fsp3) is 0.457. The van der Waals surface area contributed by atoms with Gasteiger partial charge in [0.1, 0.15) is 23.1 Å². The lowest BCUT2D eigenvalue weighted by molar-refractivity contribution is -0.144. The van der Waals surface area contributed by atoms with Crippen LogP contribution in [0, 0.1) is 11.8 Å². The minimum absolute atomic E-state index is 0.191. The van der Waals surface area contributed by atoms with E-state index in [1.165, 1.54) is 4.90 Å². The number of hydrogen-bond donors (Lipinski definition) is 1. The highest BCUT2D eigenvalue weighted by molar-refractivity contribution is 6.06. The molecule has 0 aliphatic carbocycles. The second-order valence-corrected chi connectivity index (χ2v) is 11.6. The first-order valence-electron chi connectivity index (χ1n) is 15.6. The van der Waals surface area contributed by atoms with Crippen molar-refractivity contribution in [1.29, 1.82) is 0 Å². The van der Waals surface area contributed by atoms with Gasteiger partial charge in [-0.1, -0.05) is 19.1 Å². The van der Waals surface area contributed by atoms with Crippen molar-refractivity contribution in [2.45, 2.75) is 56.9 Å². The number of amides is 3. The van der Waals surface area contributed by atoms with Crippen LogP contribution in [-0.2, 0) is 19.1 Å². The van der Waals surface area contributed by atoms with Gasteiger partial charge in [-0.15, -0.1) is 13.2 Å². The van der Waals surface area contributed by atoms with Crippen LogP contribution >= 0.6 is 0 Å². The lowest BCUT2D eigenvalue weighted by Crippen LogP contribution is -2.59. The Morgan fingerprint density at radius 3 is 2.11 bits per heavy atom. The smallest absolute Gasteiger partial charge is 0.253 e. The molecule has 6 atom stereocenters. The number of likely N-dealkylation sites (tertiary alicyclic amines) is 1. The summed E-state index contributed by atoms with van der Waals surface area (Å²) in [7, 11) is 1.57. The maximum atomic E-state index is 14.7. The Morgan fingerprint density at radius 2 is 1.60 bits per heavy atom. The van der Waals surface area contributed by atoms with Gasteiger partial charge >= 0.3 is 0 Å². The van der Waals surface area contributed by atoms with Crippen molar-refractivity contribution in [2.75, 3.05) is 43.2 Å². The minimum atomic E-state index is -1.22. The van der Waals surface area contributed by atoms with Crippen LogP contribution in [0.25, 0.3) is 0 Å². The number of carbonyl (C=O) groups excluding carboxylic acids is 3. The molecular formula is C35H43N3O7. The highest BCUT2D eigenvalue weighted by atomic mass is 16.5. The summed E-state index contributed by atoms with van der Waals surface area (Å²) in [5.41, 5.74) is 0.0400. The van der Waals surface area contributed by atoms with Crippen LogP contribution in [0.15, 0.2) is 73.8 Å². The first-order chi connectivity index (χ1) is 21.8. The maximum Gasteiger partial charge on any atom is 0.253 e. The van der Waals surface area contributed by atoms with Crippen LogP contribution in [0.1, 0.15) is 33.1 Å². The second kappa shape index (κ2) is 13.5. The molecule has 45 heavy (non-hydrogen) atoms. The molecule has 240 valence electrons. The van der Waals surface area contributed by atoms with E-state index in [1.54, 1.807) is 65.5 Å². The predicted molar refractivity (Wildman–Crippen MR) is 171 cm³/mol. The number of hydrogen-bond acceptors (Lipinski definition) is 7. The Hall–Kier alpha value is -4.15. The molecule has 2 aromatic carbocycles. The monoisotopic (exact) mass is 617 g/mol. The summed E-state index contributed by atoms with van der Waals surface area (Å²) in [5.74, 6) is -1.29. The summed E-state index contributed by atoms with van der Waals surface area (Å²) in [6.07, 6.45) is 4.15. The zero-order chi connectivity index (χ0) is 32.3. The molecule has 0 saturated carbocycles. The third-order valence-electron chi connectivity index (χ3n) is 9.33. The zero-order valence-corrected chi connectivity index (χ0v) is 26.3. The van der Waals surface area contributed by atoms with Crippen molar-refractivity contribution in [1.82, 2.24) is 4.90 Å². The van der Waals surface area contributed by atoms with Gasteiger partial charge in [-0.2, -0.15) is 0 Å². The molecule has 3 aliphatic heterocycles. The normalized spacial score (nSPS) is 25.4. The largest absolute Gasteiger partial charge is 0.497 e. The molecule has 1 N–H and O–H groups in total. The van der Waals surface area contributed by atoms with Gasteiger partial charge < -0.3 is 34.0 Å². The standard InChI is InChI=1S/C35H43N3O7/c1-6-20-36(24-12-16-27(17-13-24)44-9-4)32(40)29-28-18-19-35(45-28)30(29)33(41)38(23(8-3)22-39)31(35)34(42)37(21-7-2)25-10-14-26(43-5)15-11-25/h6-7,10-17,23,28-31,39H,1-2,8-9,18-22H2,3-5H3/t23-,28-,29+,30-,31?,35?/m0/s1.